The molecule has 1 saturated heterocycles. The van der Waals surface area contributed by atoms with Crippen LogP contribution in [-0.4, -0.2) is 43.7 Å². The number of ether oxygens (including phenoxy) is 1. The topological polar surface area (TPSA) is 63.2 Å². The second kappa shape index (κ2) is 8.85. The molecule has 0 amide bonds. The van der Waals surface area contributed by atoms with Crippen LogP contribution in [0, 0.1) is 0 Å². The fraction of sp³-hybridized carbons (Fsp3) is 0.500. The van der Waals surface area contributed by atoms with E-state index in [0.29, 0.717) is 12.2 Å². The van der Waals surface area contributed by atoms with Gasteiger partial charge in [-0.3, -0.25) is 0 Å². The summed E-state index contributed by atoms with van der Waals surface area (Å²) < 4.78 is 4.75. The van der Waals surface area contributed by atoms with Gasteiger partial charge in [-0.15, -0.1) is 0 Å². The summed E-state index contributed by atoms with van der Waals surface area (Å²) in [5.74, 6) is -0.435. The number of rotatable bonds is 2. The predicted octanol–water partition coefficient (Wildman–Crippen LogP) is 1.09. The first kappa shape index (κ1) is 14.9. The summed E-state index contributed by atoms with van der Waals surface area (Å²) in [4.78, 5) is 14.9. The first-order valence-electron chi connectivity index (χ1n) is 5.94. The number of hydrogen-bond donors (Lipinski definition) is 2. The fourth-order valence-electron chi connectivity index (χ4n) is 1.35. The van der Waals surface area contributed by atoms with E-state index in [-0.39, 0.29) is 5.15 Å². The highest BCUT2D eigenvalue weighted by atomic mass is 35.5. The summed E-state index contributed by atoms with van der Waals surface area (Å²) in [6.45, 7) is 6.63. The van der Waals surface area contributed by atoms with Gasteiger partial charge in [-0.25, -0.2) is 9.78 Å². The van der Waals surface area contributed by atoms with Gasteiger partial charge in [0.1, 0.15) is 5.15 Å². The SMILES string of the molecule is C1CNCCN1.CCOC(=O)c1cccnc1Cl. The maximum Gasteiger partial charge on any atom is 0.341 e. The van der Waals surface area contributed by atoms with Crippen molar-refractivity contribution in [2.24, 2.45) is 0 Å². The molecule has 1 aliphatic rings. The van der Waals surface area contributed by atoms with E-state index in [0.717, 1.165) is 26.2 Å². The van der Waals surface area contributed by atoms with Crippen molar-refractivity contribution in [3.8, 4) is 0 Å². The largest absolute Gasteiger partial charge is 0.462 e. The van der Waals surface area contributed by atoms with Crippen LogP contribution in [0.25, 0.3) is 0 Å². The molecule has 1 fully saturated rings. The van der Waals surface area contributed by atoms with Crippen molar-refractivity contribution in [2.75, 3.05) is 32.8 Å². The zero-order chi connectivity index (χ0) is 13.2. The van der Waals surface area contributed by atoms with Gasteiger partial charge in [0, 0.05) is 32.4 Å². The molecule has 2 rings (SSSR count). The van der Waals surface area contributed by atoms with E-state index >= 15 is 0 Å². The van der Waals surface area contributed by atoms with Gasteiger partial charge < -0.3 is 15.4 Å². The van der Waals surface area contributed by atoms with Crippen molar-refractivity contribution < 1.29 is 9.53 Å². The van der Waals surface area contributed by atoms with Crippen molar-refractivity contribution in [1.29, 1.82) is 0 Å². The lowest BCUT2D eigenvalue weighted by Gasteiger charge is -2.11. The second-order valence-corrected chi connectivity index (χ2v) is 3.92. The van der Waals surface area contributed by atoms with Crippen LogP contribution < -0.4 is 10.6 Å². The average Bonchev–Trinajstić information content (AvgIpc) is 2.42. The Hall–Kier alpha value is -1.17. The lowest BCUT2D eigenvalue weighted by Crippen LogP contribution is -2.39. The van der Waals surface area contributed by atoms with Crippen molar-refractivity contribution in [3.63, 3.8) is 0 Å². The van der Waals surface area contributed by atoms with E-state index < -0.39 is 5.97 Å². The van der Waals surface area contributed by atoms with E-state index in [4.69, 9.17) is 16.3 Å². The molecule has 0 spiro atoms. The van der Waals surface area contributed by atoms with E-state index in [1.54, 1.807) is 19.1 Å². The number of hydrogen-bond acceptors (Lipinski definition) is 5. The summed E-state index contributed by atoms with van der Waals surface area (Å²) in [5, 5.41) is 6.62. The Balaban J connectivity index is 0.000000225. The summed E-state index contributed by atoms with van der Waals surface area (Å²) in [7, 11) is 0. The maximum absolute atomic E-state index is 11.1. The molecule has 0 aliphatic carbocycles. The molecule has 0 saturated carbocycles. The third-order valence-electron chi connectivity index (χ3n) is 2.21. The van der Waals surface area contributed by atoms with Crippen molar-refractivity contribution in [2.45, 2.75) is 6.92 Å². The number of aromatic nitrogens is 1. The summed E-state index contributed by atoms with van der Waals surface area (Å²) >= 11 is 5.64. The number of esters is 1. The van der Waals surface area contributed by atoms with Crippen LogP contribution in [0.4, 0.5) is 0 Å². The number of piperazine rings is 1. The van der Waals surface area contributed by atoms with Gasteiger partial charge in [0.15, 0.2) is 0 Å². The van der Waals surface area contributed by atoms with Crippen LogP contribution in [0.1, 0.15) is 17.3 Å². The molecule has 0 aromatic carbocycles. The molecule has 1 aromatic heterocycles. The van der Waals surface area contributed by atoms with E-state index in [9.17, 15) is 4.79 Å². The molecule has 100 valence electrons. The minimum Gasteiger partial charge on any atom is -0.462 e. The molecule has 18 heavy (non-hydrogen) atoms. The van der Waals surface area contributed by atoms with Crippen molar-refractivity contribution >= 4 is 17.6 Å². The Morgan fingerprint density at radius 3 is 2.44 bits per heavy atom. The molecule has 6 heteroatoms. The summed E-state index contributed by atoms with van der Waals surface area (Å²) in [5.41, 5.74) is 0.306. The molecular formula is C12H18ClN3O2. The molecule has 1 aliphatic heterocycles. The lowest BCUT2D eigenvalue weighted by molar-refractivity contribution is 0.0526. The Morgan fingerprint density at radius 1 is 1.39 bits per heavy atom. The maximum atomic E-state index is 11.1. The molecule has 2 heterocycles. The fourth-order valence-corrected chi connectivity index (χ4v) is 1.55. The number of nitrogens with one attached hydrogen (secondary N) is 2. The van der Waals surface area contributed by atoms with Crippen molar-refractivity contribution in [1.82, 2.24) is 15.6 Å². The first-order valence-corrected chi connectivity index (χ1v) is 6.32. The Morgan fingerprint density at radius 2 is 2.00 bits per heavy atom. The van der Waals surface area contributed by atoms with Gasteiger partial charge in [0.2, 0.25) is 0 Å². The third kappa shape index (κ3) is 5.44. The number of pyridine rings is 1. The Kier molecular flexibility index (Phi) is 7.32. The average molecular weight is 272 g/mol. The summed E-state index contributed by atoms with van der Waals surface area (Å²) in [6, 6.07) is 3.21. The van der Waals surface area contributed by atoms with Crippen LogP contribution in [0.5, 0.6) is 0 Å². The summed E-state index contributed by atoms with van der Waals surface area (Å²) in [6.07, 6.45) is 1.52. The van der Waals surface area contributed by atoms with Crippen LogP contribution in [0.15, 0.2) is 18.3 Å². The van der Waals surface area contributed by atoms with E-state index in [2.05, 4.69) is 15.6 Å². The zero-order valence-electron chi connectivity index (χ0n) is 10.4. The number of nitrogens with zero attached hydrogens (tertiary/aromatic N) is 1. The molecular weight excluding hydrogens is 254 g/mol. The lowest BCUT2D eigenvalue weighted by atomic mass is 10.3. The minimum atomic E-state index is -0.435. The number of halogens is 1. The molecule has 0 atom stereocenters. The predicted molar refractivity (Wildman–Crippen MR) is 70.9 cm³/mol. The normalized spacial score (nSPS) is 14.3. The van der Waals surface area contributed by atoms with Crippen LogP contribution in [0.2, 0.25) is 5.15 Å². The van der Waals surface area contributed by atoms with Gasteiger partial charge in [-0.1, -0.05) is 11.6 Å². The highest BCUT2D eigenvalue weighted by Gasteiger charge is 2.10. The van der Waals surface area contributed by atoms with Gasteiger partial charge in [0.25, 0.3) is 0 Å². The molecule has 0 unspecified atom stereocenters. The third-order valence-corrected chi connectivity index (χ3v) is 2.51. The van der Waals surface area contributed by atoms with Gasteiger partial charge in [-0.05, 0) is 19.1 Å². The zero-order valence-corrected chi connectivity index (χ0v) is 11.2. The number of carbonyl (C=O) groups is 1. The van der Waals surface area contributed by atoms with E-state index in [1.165, 1.54) is 6.20 Å². The minimum absolute atomic E-state index is 0.177. The molecule has 1 aromatic rings. The molecule has 2 N–H and O–H groups in total. The van der Waals surface area contributed by atoms with E-state index in [1.807, 2.05) is 0 Å². The second-order valence-electron chi connectivity index (χ2n) is 3.56. The Labute approximate surface area is 112 Å². The van der Waals surface area contributed by atoms with Gasteiger partial charge in [0.05, 0.1) is 12.2 Å². The van der Waals surface area contributed by atoms with Crippen LogP contribution >= 0.6 is 11.6 Å². The highest BCUT2D eigenvalue weighted by molar-refractivity contribution is 6.32. The highest BCUT2D eigenvalue weighted by Crippen LogP contribution is 2.12. The van der Waals surface area contributed by atoms with Gasteiger partial charge >= 0.3 is 5.97 Å². The Bertz CT molecular complexity index is 359. The monoisotopic (exact) mass is 271 g/mol. The number of carbonyl (C=O) groups excluding carboxylic acids is 1. The first-order chi connectivity index (χ1) is 8.75. The molecule has 0 radical (unpaired) electrons. The molecule has 5 nitrogen and oxygen atoms in total. The standard InChI is InChI=1S/C8H8ClNO2.C4H10N2/c1-2-12-8(11)6-4-3-5-10-7(6)9;1-2-6-4-3-5-1/h3-5H,2H2,1H3;5-6H,1-4H2. The van der Waals surface area contributed by atoms with Gasteiger partial charge in [-0.2, -0.15) is 0 Å². The smallest absolute Gasteiger partial charge is 0.341 e. The van der Waals surface area contributed by atoms with Crippen LogP contribution in [0.3, 0.4) is 0 Å². The van der Waals surface area contributed by atoms with Crippen LogP contribution in [-0.2, 0) is 4.74 Å². The quantitative estimate of drug-likeness (QED) is 0.623. The molecule has 0 bridgehead atoms. The van der Waals surface area contributed by atoms with Crippen molar-refractivity contribution in [3.05, 3.63) is 29.0 Å².